The van der Waals surface area contributed by atoms with Gasteiger partial charge in [0.2, 0.25) is 0 Å². The summed E-state index contributed by atoms with van der Waals surface area (Å²) < 4.78 is 7.39. The number of hydrogen-bond donors (Lipinski definition) is 1. The van der Waals surface area contributed by atoms with Crippen LogP contribution in [0.15, 0.2) is 0 Å². The molecule has 88 valence electrons. The monoisotopic (exact) mass is 223 g/mol. The van der Waals surface area contributed by atoms with Gasteiger partial charge in [-0.1, -0.05) is 0 Å². The number of hydrogen-bond acceptors (Lipinski definition) is 5. The van der Waals surface area contributed by atoms with Crippen LogP contribution in [-0.2, 0) is 11.3 Å². The fourth-order valence-electron chi connectivity index (χ4n) is 2.05. The Hall–Kier alpha value is -1.01. The van der Waals surface area contributed by atoms with E-state index in [9.17, 15) is 0 Å². The molecule has 1 atom stereocenters. The smallest absolute Gasteiger partial charge is 0.165 e. The third-order valence-corrected chi connectivity index (χ3v) is 3.17. The fourth-order valence-corrected chi connectivity index (χ4v) is 2.05. The summed E-state index contributed by atoms with van der Waals surface area (Å²) in [6, 6.07) is 1.01. The van der Waals surface area contributed by atoms with Crippen LogP contribution in [0.1, 0.15) is 37.5 Å². The summed E-state index contributed by atoms with van der Waals surface area (Å²) in [4.78, 5) is 0. The van der Waals surface area contributed by atoms with Gasteiger partial charge in [-0.3, -0.25) is 0 Å². The largest absolute Gasteiger partial charge is 0.379 e. The third-order valence-electron chi connectivity index (χ3n) is 3.17. The van der Waals surface area contributed by atoms with Crippen molar-refractivity contribution in [2.75, 3.05) is 13.2 Å². The van der Waals surface area contributed by atoms with Crippen molar-refractivity contribution in [1.82, 2.24) is 25.5 Å². The predicted octanol–water partition coefficient (Wildman–Crippen LogP) is 0.277. The number of rotatable bonds is 4. The first kappa shape index (κ1) is 10.2. The molecular weight excluding hydrogens is 206 g/mol. The molecule has 1 aromatic heterocycles. The van der Waals surface area contributed by atoms with Crippen LogP contribution in [0, 0.1) is 0 Å². The minimum Gasteiger partial charge on any atom is -0.379 e. The average Bonchev–Trinajstić information content (AvgIpc) is 3.05. The molecule has 0 aromatic carbocycles. The summed E-state index contributed by atoms with van der Waals surface area (Å²) in [7, 11) is 0. The quantitative estimate of drug-likeness (QED) is 0.794. The minimum absolute atomic E-state index is 0.319. The van der Waals surface area contributed by atoms with Crippen LogP contribution in [-0.4, -0.2) is 39.5 Å². The summed E-state index contributed by atoms with van der Waals surface area (Å²) in [5.74, 6) is 0.933. The van der Waals surface area contributed by atoms with Crippen LogP contribution in [0.4, 0.5) is 0 Å². The lowest BCUT2D eigenvalue weighted by Gasteiger charge is -2.22. The van der Waals surface area contributed by atoms with Gasteiger partial charge < -0.3 is 10.1 Å². The van der Waals surface area contributed by atoms with Crippen LogP contribution in [0.3, 0.4) is 0 Å². The van der Waals surface area contributed by atoms with E-state index in [1.54, 1.807) is 0 Å². The van der Waals surface area contributed by atoms with Gasteiger partial charge in [-0.2, -0.15) is 0 Å². The first-order chi connectivity index (χ1) is 7.93. The van der Waals surface area contributed by atoms with Crippen LogP contribution in [0.25, 0.3) is 0 Å². The van der Waals surface area contributed by atoms with Gasteiger partial charge in [0.15, 0.2) is 5.82 Å². The molecule has 0 amide bonds. The Balaban J connectivity index is 1.65. The molecule has 2 aliphatic rings. The second kappa shape index (κ2) is 4.47. The maximum Gasteiger partial charge on any atom is 0.165 e. The number of nitrogens with zero attached hydrogens (tertiary/aromatic N) is 4. The zero-order valence-corrected chi connectivity index (χ0v) is 9.30. The van der Waals surface area contributed by atoms with Crippen molar-refractivity contribution in [3.63, 3.8) is 0 Å². The van der Waals surface area contributed by atoms with Crippen molar-refractivity contribution in [1.29, 1.82) is 0 Å². The molecule has 0 bridgehead atoms. The van der Waals surface area contributed by atoms with Gasteiger partial charge in [0.1, 0.15) is 0 Å². The van der Waals surface area contributed by atoms with Gasteiger partial charge in [-0.15, -0.1) is 5.10 Å². The van der Waals surface area contributed by atoms with Crippen molar-refractivity contribution in [3.05, 3.63) is 5.82 Å². The van der Waals surface area contributed by atoms with E-state index >= 15 is 0 Å². The molecule has 0 radical (unpaired) electrons. The normalized spacial score (nSPS) is 25.9. The highest BCUT2D eigenvalue weighted by molar-refractivity contribution is 4.89. The van der Waals surface area contributed by atoms with E-state index in [0.29, 0.717) is 12.1 Å². The van der Waals surface area contributed by atoms with E-state index in [1.165, 1.54) is 12.8 Å². The summed E-state index contributed by atoms with van der Waals surface area (Å²) >= 11 is 0. The van der Waals surface area contributed by atoms with E-state index < -0.39 is 0 Å². The minimum atomic E-state index is 0.319. The molecule has 1 saturated carbocycles. The second-order valence-electron chi connectivity index (χ2n) is 4.57. The molecule has 16 heavy (non-hydrogen) atoms. The number of aromatic nitrogens is 4. The topological polar surface area (TPSA) is 64.9 Å². The van der Waals surface area contributed by atoms with Crippen molar-refractivity contribution in [3.8, 4) is 0 Å². The average molecular weight is 223 g/mol. The number of nitrogens with one attached hydrogen (secondary N) is 1. The van der Waals surface area contributed by atoms with Gasteiger partial charge in [0.05, 0.1) is 19.2 Å². The molecule has 1 saturated heterocycles. The maximum atomic E-state index is 5.46. The third kappa shape index (κ3) is 2.22. The first-order valence-electron chi connectivity index (χ1n) is 6.01. The second-order valence-corrected chi connectivity index (χ2v) is 4.57. The van der Waals surface area contributed by atoms with Crippen molar-refractivity contribution >= 4 is 0 Å². The van der Waals surface area contributed by atoms with Crippen molar-refractivity contribution in [2.24, 2.45) is 0 Å². The Kier molecular flexibility index (Phi) is 2.84. The Morgan fingerprint density at radius 2 is 2.31 bits per heavy atom. The van der Waals surface area contributed by atoms with Crippen LogP contribution in [0.2, 0.25) is 0 Å². The molecule has 1 aromatic rings. The molecule has 2 heterocycles. The molecule has 2 fully saturated rings. The summed E-state index contributed by atoms with van der Waals surface area (Å²) in [5, 5.41) is 15.3. The lowest BCUT2D eigenvalue weighted by atomic mass is 10.1. The number of ether oxygens (including phenoxy) is 1. The Morgan fingerprint density at radius 1 is 1.38 bits per heavy atom. The number of tetrazole rings is 1. The van der Waals surface area contributed by atoms with E-state index in [2.05, 4.69) is 20.8 Å². The highest BCUT2D eigenvalue weighted by Crippen LogP contribution is 2.21. The standard InChI is InChI=1S/C10H17N5O/c1-2-9(7-16-5-1)15-10(12-13-14-15)6-11-8-3-4-8/h8-9,11H,1-7H2. The van der Waals surface area contributed by atoms with Crippen LogP contribution in [0.5, 0.6) is 0 Å². The van der Waals surface area contributed by atoms with E-state index in [1.807, 2.05) is 4.68 Å². The lowest BCUT2D eigenvalue weighted by Crippen LogP contribution is -2.26. The van der Waals surface area contributed by atoms with Gasteiger partial charge in [0, 0.05) is 12.6 Å². The zero-order chi connectivity index (χ0) is 10.8. The highest BCUT2D eigenvalue weighted by atomic mass is 16.5. The molecule has 1 aliphatic carbocycles. The summed E-state index contributed by atoms with van der Waals surface area (Å²) in [6.45, 7) is 2.38. The van der Waals surface area contributed by atoms with Crippen LogP contribution < -0.4 is 5.32 Å². The summed E-state index contributed by atoms with van der Waals surface area (Å²) in [6.07, 6.45) is 4.78. The van der Waals surface area contributed by atoms with E-state index in [4.69, 9.17) is 4.74 Å². The molecule has 1 unspecified atom stereocenters. The van der Waals surface area contributed by atoms with Crippen LogP contribution >= 0.6 is 0 Å². The van der Waals surface area contributed by atoms with E-state index in [0.717, 1.165) is 38.4 Å². The van der Waals surface area contributed by atoms with E-state index in [-0.39, 0.29) is 0 Å². The first-order valence-corrected chi connectivity index (χ1v) is 6.01. The predicted molar refractivity (Wildman–Crippen MR) is 56.8 cm³/mol. The van der Waals surface area contributed by atoms with Gasteiger partial charge in [-0.05, 0) is 36.1 Å². The molecular formula is C10H17N5O. The SMILES string of the molecule is C1COCC(n2nnnc2CNC2CC2)C1. The Morgan fingerprint density at radius 3 is 3.06 bits per heavy atom. The van der Waals surface area contributed by atoms with Crippen molar-refractivity contribution in [2.45, 2.75) is 44.3 Å². The molecule has 0 spiro atoms. The molecule has 6 nitrogen and oxygen atoms in total. The maximum absolute atomic E-state index is 5.46. The summed E-state index contributed by atoms with van der Waals surface area (Å²) in [5.41, 5.74) is 0. The zero-order valence-electron chi connectivity index (χ0n) is 9.30. The Bertz CT molecular complexity index is 343. The van der Waals surface area contributed by atoms with Gasteiger partial charge in [-0.25, -0.2) is 4.68 Å². The molecule has 1 aliphatic heterocycles. The van der Waals surface area contributed by atoms with Crippen molar-refractivity contribution < 1.29 is 4.74 Å². The fraction of sp³-hybridized carbons (Fsp3) is 0.900. The molecule has 6 heteroatoms. The molecule has 1 N–H and O–H groups in total. The van der Waals surface area contributed by atoms with Gasteiger partial charge in [0.25, 0.3) is 0 Å². The highest BCUT2D eigenvalue weighted by Gasteiger charge is 2.23. The lowest BCUT2D eigenvalue weighted by molar-refractivity contribution is 0.0530. The Labute approximate surface area is 94.4 Å². The molecule has 3 rings (SSSR count). The van der Waals surface area contributed by atoms with Gasteiger partial charge >= 0.3 is 0 Å².